The number of hydrogen-bond acceptors (Lipinski definition) is 1. The van der Waals surface area contributed by atoms with Gasteiger partial charge in [-0.25, -0.2) is 0 Å². The predicted molar refractivity (Wildman–Crippen MR) is 133 cm³/mol. The van der Waals surface area contributed by atoms with E-state index in [0.717, 1.165) is 12.8 Å². The predicted octanol–water partition coefficient (Wildman–Crippen LogP) is 10.0. The van der Waals surface area contributed by atoms with Gasteiger partial charge in [0, 0.05) is 6.42 Å². The Kier molecular flexibility index (Phi) is 22.3. The molecule has 0 amide bonds. The third-order valence-electron chi connectivity index (χ3n) is 6.37. The van der Waals surface area contributed by atoms with Crippen LogP contribution in [0.5, 0.6) is 0 Å². The van der Waals surface area contributed by atoms with Crippen LogP contribution in [0.25, 0.3) is 0 Å². The number of rotatable bonds is 23. The first-order valence-corrected chi connectivity index (χ1v) is 13.6. The van der Waals surface area contributed by atoms with Gasteiger partial charge in [0.05, 0.1) is 0 Å². The van der Waals surface area contributed by atoms with Gasteiger partial charge in [-0.05, 0) is 57.8 Å². The van der Waals surface area contributed by atoms with Crippen molar-refractivity contribution in [2.45, 2.75) is 162 Å². The molecule has 0 rings (SSSR count). The molecule has 0 aliphatic heterocycles. The van der Waals surface area contributed by atoms with E-state index in [0.29, 0.717) is 6.42 Å². The Hall–Kier alpha value is -0.790. The van der Waals surface area contributed by atoms with Gasteiger partial charge in [-0.1, -0.05) is 109 Å². The summed E-state index contributed by atoms with van der Waals surface area (Å²) >= 11 is 0. The Bertz CT molecular complexity index is 411. The van der Waals surface area contributed by atoms with E-state index in [9.17, 15) is 4.79 Å². The summed E-state index contributed by atoms with van der Waals surface area (Å²) in [4.78, 5) is 10.6. The maximum absolute atomic E-state index is 10.6. The lowest BCUT2D eigenvalue weighted by atomic mass is 9.90. The zero-order valence-corrected chi connectivity index (χ0v) is 20.9. The van der Waals surface area contributed by atoms with Gasteiger partial charge in [0.25, 0.3) is 0 Å². The lowest BCUT2D eigenvalue weighted by molar-refractivity contribution is -0.137. The summed E-state index contributed by atoms with van der Waals surface area (Å²) in [6, 6.07) is 0. The molecule has 30 heavy (non-hydrogen) atoms. The molecule has 0 unspecified atom stereocenters. The van der Waals surface area contributed by atoms with E-state index >= 15 is 0 Å². The number of carboxylic acid groups (broad SMARTS) is 1. The Morgan fingerprint density at radius 3 is 1.07 bits per heavy atom. The van der Waals surface area contributed by atoms with Crippen molar-refractivity contribution in [3.63, 3.8) is 0 Å². The molecule has 0 heterocycles. The monoisotopic (exact) mass is 422 g/mol. The zero-order valence-electron chi connectivity index (χ0n) is 20.9. The van der Waals surface area contributed by atoms with E-state index in [1.807, 2.05) is 5.57 Å². The van der Waals surface area contributed by atoms with Gasteiger partial charge >= 0.3 is 5.97 Å². The number of carbonyl (C=O) groups is 1. The van der Waals surface area contributed by atoms with Crippen LogP contribution in [0.15, 0.2) is 11.1 Å². The summed E-state index contributed by atoms with van der Waals surface area (Å²) in [5.41, 5.74) is 3.62. The van der Waals surface area contributed by atoms with E-state index in [-0.39, 0.29) is 0 Å². The number of unbranched alkanes of at least 4 members (excludes halogenated alkanes) is 13. The van der Waals surface area contributed by atoms with Crippen LogP contribution in [0.2, 0.25) is 0 Å². The van der Waals surface area contributed by atoms with Crippen molar-refractivity contribution in [1.29, 1.82) is 0 Å². The van der Waals surface area contributed by atoms with Gasteiger partial charge < -0.3 is 5.11 Å². The second-order valence-corrected chi connectivity index (χ2v) is 9.30. The first-order chi connectivity index (χ1) is 14.7. The van der Waals surface area contributed by atoms with Crippen LogP contribution >= 0.6 is 0 Å². The van der Waals surface area contributed by atoms with Crippen LogP contribution in [-0.4, -0.2) is 11.1 Å². The third kappa shape index (κ3) is 19.2. The van der Waals surface area contributed by atoms with Gasteiger partial charge in [0.2, 0.25) is 0 Å². The molecule has 0 radical (unpaired) electrons. The molecule has 0 aromatic heterocycles. The lowest BCUT2D eigenvalue weighted by Gasteiger charge is -2.17. The number of carboxylic acids is 1. The second-order valence-electron chi connectivity index (χ2n) is 9.30. The first-order valence-electron chi connectivity index (χ1n) is 13.6. The molecule has 0 saturated carbocycles. The topological polar surface area (TPSA) is 37.3 Å². The van der Waals surface area contributed by atoms with Gasteiger partial charge in [-0.15, -0.1) is 0 Å². The molecule has 0 aliphatic carbocycles. The molecule has 0 spiro atoms. The SMILES string of the molecule is CCCCCCCC/C(CCCCC)=C(/CCCCC)CCCCCCCC(=O)O. The minimum absolute atomic E-state index is 0.335. The Labute approximate surface area is 189 Å². The molecule has 0 fully saturated rings. The highest BCUT2D eigenvalue weighted by atomic mass is 16.4. The number of hydrogen-bond donors (Lipinski definition) is 1. The van der Waals surface area contributed by atoms with Gasteiger partial charge in [-0.2, -0.15) is 0 Å². The highest BCUT2D eigenvalue weighted by molar-refractivity contribution is 5.66. The highest BCUT2D eigenvalue weighted by Gasteiger charge is 2.08. The lowest BCUT2D eigenvalue weighted by Crippen LogP contribution is -1.97. The Morgan fingerprint density at radius 1 is 0.433 bits per heavy atom. The zero-order chi connectivity index (χ0) is 22.3. The minimum Gasteiger partial charge on any atom is -0.481 e. The molecule has 0 aromatic rings. The van der Waals surface area contributed by atoms with Crippen LogP contribution in [-0.2, 0) is 4.79 Å². The molecule has 0 aromatic carbocycles. The molecule has 2 heteroatoms. The molecular formula is C28H54O2. The van der Waals surface area contributed by atoms with Crippen molar-refractivity contribution in [2.24, 2.45) is 0 Å². The van der Waals surface area contributed by atoms with E-state index in [1.54, 1.807) is 5.57 Å². The van der Waals surface area contributed by atoms with E-state index in [4.69, 9.17) is 5.11 Å². The summed E-state index contributed by atoms with van der Waals surface area (Å²) < 4.78 is 0. The average Bonchev–Trinajstić information content (AvgIpc) is 2.73. The van der Waals surface area contributed by atoms with Crippen LogP contribution in [0.3, 0.4) is 0 Å². The molecule has 0 aliphatic rings. The van der Waals surface area contributed by atoms with Crippen LogP contribution in [0.1, 0.15) is 162 Å². The number of allylic oxidation sites excluding steroid dienone is 2. The maximum Gasteiger partial charge on any atom is 0.303 e. The van der Waals surface area contributed by atoms with Gasteiger partial charge in [0.1, 0.15) is 0 Å². The fourth-order valence-corrected chi connectivity index (χ4v) is 4.40. The van der Waals surface area contributed by atoms with E-state index < -0.39 is 5.97 Å². The molecule has 2 nitrogen and oxygen atoms in total. The van der Waals surface area contributed by atoms with Gasteiger partial charge in [-0.3, -0.25) is 4.79 Å². The van der Waals surface area contributed by atoms with Crippen molar-refractivity contribution in [3.8, 4) is 0 Å². The standard InChI is InChI=1S/C28H54O2/c1-4-7-10-11-13-18-23-26(21-16-8-5-2)27(22-17-9-6-3)24-19-14-12-15-20-25-28(29)30/h4-25H2,1-3H3,(H,29,30)/b27-26-. The third-order valence-corrected chi connectivity index (χ3v) is 6.37. The number of aliphatic carboxylic acids is 1. The van der Waals surface area contributed by atoms with E-state index in [1.165, 1.54) is 122 Å². The van der Waals surface area contributed by atoms with Gasteiger partial charge in [0.15, 0.2) is 0 Å². The molecular weight excluding hydrogens is 368 g/mol. The Balaban J connectivity index is 4.63. The minimum atomic E-state index is -0.650. The summed E-state index contributed by atoms with van der Waals surface area (Å²) in [6.07, 6.45) is 27.7. The van der Waals surface area contributed by atoms with Crippen molar-refractivity contribution in [1.82, 2.24) is 0 Å². The molecule has 0 atom stereocenters. The molecule has 0 bridgehead atoms. The van der Waals surface area contributed by atoms with Crippen LogP contribution in [0.4, 0.5) is 0 Å². The second kappa shape index (κ2) is 22.9. The van der Waals surface area contributed by atoms with E-state index in [2.05, 4.69) is 20.8 Å². The Morgan fingerprint density at radius 2 is 0.700 bits per heavy atom. The van der Waals surface area contributed by atoms with Crippen LogP contribution in [0, 0.1) is 0 Å². The highest BCUT2D eigenvalue weighted by Crippen LogP contribution is 2.28. The fourth-order valence-electron chi connectivity index (χ4n) is 4.40. The fraction of sp³-hybridized carbons (Fsp3) is 0.893. The summed E-state index contributed by atoms with van der Waals surface area (Å²) in [5, 5.41) is 8.77. The van der Waals surface area contributed by atoms with Crippen molar-refractivity contribution in [2.75, 3.05) is 0 Å². The smallest absolute Gasteiger partial charge is 0.303 e. The average molecular weight is 423 g/mol. The molecule has 0 saturated heterocycles. The van der Waals surface area contributed by atoms with Crippen molar-refractivity contribution >= 4 is 5.97 Å². The maximum atomic E-state index is 10.6. The normalized spacial score (nSPS) is 12.2. The quantitative estimate of drug-likeness (QED) is 0.131. The van der Waals surface area contributed by atoms with Crippen LogP contribution < -0.4 is 0 Å². The largest absolute Gasteiger partial charge is 0.481 e. The van der Waals surface area contributed by atoms with Crippen molar-refractivity contribution < 1.29 is 9.90 Å². The molecule has 178 valence electrons. The summed E-state index contributed by atoms with van der Waals surface area (Å²) in [5.74, 6) is -0.650. The van der Waals surface area contributed by atoms with Crippen molar-refractivity contribution in [3.05, 3.63) is 11.1 Å². The summed E-state index contributed by atoms with van der Waals surface area (Å²) in [6.45, 7) is 6.91. The summed E-state index contributed by atoms with van der Waals surface area (Å²) in [7, 11) is 0. The first kappa shape index (κ1) is 29.2. The molecule has 1 N–H and O–H groups in total.